The molecular weight excluding hydrogens is 472 g/mol. The molecule has 0 bridgehead atoms. The Labute approximate surface area is 223 Å². The highest BCUT2D eigenvalue weighted by Gasteiger charge is 2.26. The van der Waals surface area contributed by atoms with E-state index in [1.165, 1.54) is 11.1 Å². The minimum Gasteiger partial charge on any atom is -0.321 e. The van der Waals surface area contributed by atoms with Crippen molar-refractivity contribution in [3.8, 4) is 0 Å². The zero-order valence-electron chi connectivity index (χ0n) is 22.3. The Morgan fingerprint density at radius 1 is 0.947 bits per heavy atom. The number of nitrogens with one attached hydrogen (secondary N) is 1. The largest absolute Gasteiger partial charge is 0.321 e. The molecule has 2 aromatic heterocycles. The standard InChI is InChI=1S/C31H34N6O/c1-4-28(30-33-34-35-37(30)20-25-13-9-6-10-14-25)36(16-15-24-11-7-5-8-12-24)21-27-19-26-18-22(2)17-23(3)29(26)32-31(27)38/h5-14,17-19,28H,4,15-16,20-21H2,1-3H3,(H,32,38). The van der Waals surface area contributed by atoms with Crippen molar-refractivity contribution in [1.29, 1.82) is 0 Å². The average molecular weight is 507 g/mol. The maximum absolute atomic E-state index is 13.3. The highest BCUT2D eigenvalue weighted by molar-refractivity contribution is 5.82. The highest BCUT2D eigenvalue weighted by atomic mass is 16.1. The first-order valence-corrected chi connectivity index (χ1v) is 13.2. The molecule has 0 aliphatic heterocycles. The molecule has 7 nitrogen and oxygen atoms in total. The smallest absolute Gasteiger partial charge is 0.252 e. The molecule has 0 spiro atoms. The molecular formula is C31H34N6O. The second-order valence-corrected chi connectivity index (χ2v) is 9.98. The van der Waals surface area contributed by atoms with Gasteiger partial charge in [0.1, 0.15) is 0 Å². The molecule has 0 saturated heterocycles. The summed E-state index contributed by atoms with van der Waals surface area (Å²) in [6.45, 7) is 8.15. The van der Waals surface area contributed by atoms with E-state index in [-0.39, 0.29) is 11.6 Å². The van der Waals surface area contributed by atoms with Crippen molar-refractivity contribution < 1.29 is 0 Å². The van der Waals surface area contributed by atoms with Crippen LogP contribution in [0.4, 0.5) is 0 Å². The number of aromatic amines is 1. The molecule has 0 fully saturated rings. The second-order valence-electron chi connectivity index (χ2n) is 9.98. The van der Waals surface area contributed by atoms with Crippen LogP contribution in [0.1, 0.15) is 53.0 Å². The van der Waals surface area contributed by atoms with Crippen molar-refractivity contribution in [3.63, 3.8) is 0 Å². The maximum atomic E-state index is 13.3. The summed E-state index contributed by atoms with van der Waals surface area (Å²) in [5, 5.41) is 13.9. The molecule has 0 radical (unpaired) electrons. The van der Waals surface area contributed by atoms with Gasteiger partial charge in [0.2, 0.25) is 0 Å². The fourth-order valence-corrected chi connectivity index (χ4v) is 5.25. The van der Waals surface area contributed by atoms with E-state index in [9.17, 15) is 4.79 Å². The summed E-state index contributed by atoms with van der Waals surface area (Å²) in [5.41, 5.74) is 6.26. The number of hydrogen-bond donors (Lipinski definition) is 1. The summed E-state index contributed by atoms with van der Waals surface area (Å²) in [5.74, 6) is 0.813. The van der Waals surface area contributed by atoms with E-state index in [0.29, 0.717) is 13.1 Å². The molecule has 2 heterocycles. The monoisotopic (exact) mass is 506 g/mol. The number of aryl methyl sites for hydroxylation is 2. The number of nitrogens with zero attached hydrogens (tertiary/aromatic N) is 5. The summed E-state index contributed by atoms with van der Waals surface area (Å²) in [6.07, 6.45) is 1.68. The Bertz CT molecular complexity index is 1560. The van der Waals surface area contributed by atoms with Crippen LogP contribution in [0.2, 0.25) is 0 Å². The lowest BCUT2D eigenvalue weighted by atomic mass is 10.0. The van der Waals surface area contributed by atoms with Crippen LogP contribution in [0, 0.1) is 13.8 Å². The van der Waals surface area contributed by atoms with Crippen LogP contribution in [0.3, 0.4) is 0 Å². The van der Waals surface area contributed by atoms with Crippen molar-refractivity contribution in [3.05, 3.63) is 123 Å². The van der Waals surface area contributed by atoms with E-state index >= 15 is 0 Å². The Hall–Kier alpha value is -4.10. The summed E-state index contributed by atoms with van der Waals surface area (Å²) >= 11 is 0. The van der Waals surface area contributed by atoms with Gasteiger partial charge < -0.3 is 4.98 Å². The predicted molar refractivity (Wildman–Crippen MR) is 151 cm³/mol. The number of H-pyrrole nitrogens is 1. The van der Waals surface area contributed by atoms with Crippen LogP contribution >= 0.6 is 0 Å². The fourth-order valence-electron chi connectivity index (χ4n) is 5.25. The third-order valence-electron chi connectivity index (χ3n) is 7.13. The van der Waals surface area contributed by atoms with Crippen molar-refractivity contribution in [2.75, 3.05) is 6.54 Å². The molecule has 194 valence electrons. The highest BCUT2D eigenvalue weighted by Crippen LogP contribution is 2.26. The van der Waals surface area contributed by atoms with Gasteiger partial charge in [0.15, 0.2) is 5.82 Å². The van der Waals surface area contributed by atoms with E-state index < -0.39 is 0 Å². The third-order valence-corrected chi connectivity index (χ3v) is 7.13. The number of rotatable bonds is 10. The summed E-state index contributed by atoms with van der Waals surface area (Å²) < 4.78 is 1.89. The number of tetrazole rings is 1. The Morgan fingerprint density at radius 3 is 2.37 bits per heavy atom. The molecule has 1 N–H and O–H groups in total. The van der Waals surface area contributed by atoms with E-state index in [2.05, 4.69) is 87.8 Å². The van der Waals surface area contributed by atoms with Crippen LogP contribution in [0.25, 0.3) is 10.9 Å². The Balaban J connectivity index is 1.50. The van der Waals surface area contributed by atoms with E-state index in [1.54, 1.807) is 0 Å². The van der Waals surface area contributed by atoms with Gasteiger partial charge in [0, 0.05) is 18.7 Å². The van der Waals surface area contributed by atoms with Crippen LogP contribution in [0.15, 0.2) is 83.7 Å². The van der Waals surface area contributed by atoms with E-state index in [1.807, 2.05) is 41.9 Å². The van der Waals surface area contributed by atoms with Crippen molar-refractivity contribution in [1.82, 2.24) is 30.1 Å². The number of benzene rings is 3. The van der Waals surface area contributed by atoms with Gasteiger partial charge >= 0.3 is 0 Å². The van der Waals surface area contributed by atoms with Gasteiger partial charge in [-0.3, -0.25) is 9.69 Å². The number of fused-ring (bicyclic) bond motifs is 1. The normalized spacial score (nSPS) is 12.3. The topological polar surface area (TPSA) is 79.7 Å². The summed E-state index contributed by atoms with van der Waals surface area (Å²) in [7, 11) is 0. The summed E-state index contributed by atoms with van der Waals surface area (Å²) in [4.78, 5) is 18.7. The van der Waals surface area contributed by atoms with Gasteiger partial charge in [0.25, 0.3) is 5.56 Å². The molecule has 0 aliphatic carbocycles. The molecule has 0 aliphatic rings. The second kappa shape index (κ2) is 11.5. The minimum atomic E-state index is -0.0493. The van der Waals surface area contributed by atoms with Crippen LogP contribution < -0.4 is 5.56 Å². The summed E-state index contributed by atoms with van der Waals surface area (Å²) in [6, 6.07) is 26.9. The molecule has 0 amide bonds. The zero-order valence-corrected chi connectivity index (χ0v) is 22.3. The van der Waals surface area contributed by atoms with E-state index in [0.717, 1.165) is 52.8 Å². The maximum Gasteiger partial charge on any atom is 0.252 e. The molecule has 5 aromatic rings. The SMILES string of the molecule is CCC(c1nnnn1Cc1ccccc1)N(CCc1ccccc1)Cc1cc2cc(C)cc(C)c2[nH]c1=O. The van der Waals surface area contributed by atoms with Gasteiger partial charge in [-0.2, -0.15) is 0 Å². The molecule has 7 heteroatoms. The lowest BCUT2D eigenvalue weighted by Gasteiger charge is -2.30. The van der Waals surface area contributed by atoms with Crippen molar-refractivity contribution in [2.24, 2.45) is 0 Å². The van der Waals surface area contributed by atoms with Gasteiger partial charge in [-0.25, -0.2) is 4.68 Å². The number of pyridine rings is 1. The molecule has 0 saturated carbocycles. The van der Waals surface area contributed by atoms with Crippen molar-refractivity contribution in [2.45, 2.75) is 52.7 Å². The zero-order chi connectivity index (χ0) is 26.5. The lowest BCUT2D eigenvalue weighted by Crippen LogP contribution is -2.34. The first-order valence-electron chi connectivity index (χ1n) is 13.2. The van der Waals surface area contributed by atoms with Gasteiger partial charge in [-0.15, -0.1) is 5.10 Å². The number of hydrogen-bond acceptors (Lipinski definition) is 5. The first-order chi connectivity index (χ1) is 18.5. The van der Waals surface area contributed by atoms with Gasteiger partial charge in [0.05, 0.1) is 18.1 Å². The van der Waals surface area contributed by atoms with E-state index in [4.69, 9.17) is 0 Å². The molecule has 1 atom stereocenters. The van der Waals surface area contributed by atoms with Crippen LogP contribution in [0.5, 0.6) is 0 Å². The Morgan fingerprint density at radius 2 is 1.66 bits per heavy atom. The van der Waals surface area contributed by atoms with Crippen molar-refractivity contribution >= 4 is 10.9 Å². The van der Waals surface area contributed by atoms with Gasteiger partial charge in [-0.1, -0.05) is 79.2 Å². The predicted octanol–water partition coefficient (Wildman–Crippen LogP) is 5.38. The molecule has 5 rings (SSSR count). The van der Waals surface area contributed by atoms with Crippen LogP contribution in [-0.4, -0.2) is 36.6 Å². The van der Waals surface area contributed by atoms with Gasteiger partial charge in [-0.05, 0) is 71.3 Å². The quantitative estimate of drug-likeness (QED) is 0.275. The Kier molecular flexibility index (Phi) is 7.75. The first kappa shape index (κ1) is 25.5. The molecule has 38 heavy (non-hydrogen) atoms. The molecule has 3 aromatic carbocycles. The van der Waals surface area contributed by atoms with Crippen LogP contribution in [-0.2, 0) is 19.5 Å². The minimum absolute atomic E-state index is 0.0482. The third kappa shape index (κ3) is 5.73. The molecule has 1 unspecified atom stereocenters. The fraction of sp³-hybridized carbons (Fsp3) is 0.290. The lowest BCUT2D eigenvalue weighted by molar-refractivity contribution is 0.172. The average Bonchev–Trinajstić information content (AvgIpc) is 3.37. The number of aromatic nitrogens is 5.